The summed E-state index contributed by atoms with van der Waals surface area (Å²) in [5, 5.41) is 0. The zero-order valence-electron chi connectivity index (χ0n) is 25.5. The van der Waals surface area contributed by atoms with Crippen LogP contribution >= 0.6 is 0 Å². The number of ether oxygens (including phenoxy) is 2. The number of aromatic nitrogens is 3. The van der Waals surface area contributed by atoms with Gasteiger partial charge in [0, 0.05) is 43.0 Å². The molecular formula is C33H31F6N5O3. The Balaban J connectivity index is 1.35. The molecule has 6 rings (SSSR count). The van der Waals surface area contributed by atoms with Gasteiger partial charge in [0.1, 0.15) is 23.5 Å². The topological polar surface area (TPSA) is 83.6 Å². The van der Waals surface area contributed by atoms with E-state index in [-0.39, 0.29) is 12.6 Å². The van der Waals surface area contributed by atoms with Gasteiger partial charge in [-0.1, -0.05) is 6.07 Å². The quantitative estimate of drug-likeness (QED) is 0.187. The molecule has 0 aliphatic carbocycles. The average Bonchev–Trinajstić information content (AvgIpc) is 3.62. The molecule has 8 nitrogen and oxygen atoms in total. The fourth-order valence-electron chi connectivity index (χ4n) is 5.86. The molecule has 1 amide bonds. The summed E-state index contributed by atoms with van der Waals surface area (Å²) in [6, 6.07) is 9.85. The Morgan fingerprint density at radius 1 is 0.957 bits per heavy atom. The maximum absolute atomic E-state index is 13.6. The van der Waals surface area contributed by atoms with Crippen molar-refractivity contribution < 1.29 is 40.6 Å². The second kappa shape index (κ2) is 12.5. The van der Waals surface area contributed by atoms with Gasteiger partial charge in [-0.05, 0) is 73.4 Å². The molecule has 4 aromatic rings. The monoisotopic (exact) mass is 659 g/mol. The van der Waals surface area contributed by atoms with Crippen LogP contribution in [0.2, 0.25) is 0 Å². The SMILES string of the molecule is COc1ccc(CCc2ncc[nH]2)cc1-c1ccc(N2CCC2)nc1CN1C(=O)O[C@H](c2cc(C(F)(F)F)cc(C(F)(F)F)c2)[C@@H]1C. The number of halogens is 6. The van der Waals surface area contributed by atoms with Gasteiger partial charge in [0.25, 0.3) is 0 Å². The third-order valence-corrected chi connectivity index (χ3v) is 8.55. The summed E-state index contributed by atoms with van der Waals surface area (Å²) in [6.07, 6.45) is -6.56. The number of nitrogens with zero attached hydrogens (tertiary/aromatic N) is 4. The Morgan fingerprint density at radius 3 is 2.28 bits per heavy atom. The Bertz CT molecular complexity index is 1720. The first-order chi connectivity index (χ1) is 22.3. The number of H-pyrrole nitrogens is 1. The number of aromatic amines is 1. The zero-order valence-corrected chi connectivity index (χ0v) is 25.5. The van der Waals surface area contributed by atoms with Crippen molar-refractivity contribution in [3.8, 4) is 16.9 Å². The third-order valence-electron chi connectivity index (χ3n) is 8.55. The summed E-state index contributed by atoms with van der Waals surface area (Å²) in [5.41, 5.74) is -0.513. The second-order valence-electron chi connectivity index (χ2n) is 11.6. The van der Waals surface area contributed by atoms with Gasteiger partial charge in [-0.2, -0.15) is 26.3 Å². The van der Waals surface area contributed by atoms with Gasteiger partial charge in [0.2, 0.25) is 0 Å². The molecule has 2 aromatic heterocycles. The number of aryl methyl sites for hydroxylation is 2. The van der Waals surface area contributed by atoms with Crippen molar-refractivity contribution in [3.05, 3.63) is 94.7 Å². The first-order valence-electron chi connectivity index (χ1n) is 15.0. The molecule has 248 valence electrons. The maximum atomic E-state index is 13.6. The van der Waals surface area contributed by atoms with E-state index in [1.54, 1.807) is 12.4 Å². The lowest BCUT2D eigenvalue weighted by Crippen LogP contribution is -2.38. The summed E-state index contributed by atoms with van der Waals surface area (Å²) in [4.78, 5) is 28.8. The number of methoxy groups -OCH3 is 1. The van der Waals surface area contributed by atoms with E-state index in [1.807, 2.05) is 30.3 Å². The van der Waals surface area contributed by atoms with E-state index >= 15 is 0 Å². The predicted molar refractivity (Wildman–Crippen MR) is 160 cm³/mol. The molecule has 2 aromatic carbocycles. The number of alkyl halides is 6. The van der Waals surface area contributed by atoms with Gasteiger partial charge < -0.3 is 19.4 Å². The van der Waals surface area contributed by atoms with Crippen LogP contribution in [0.4, 0.5) is 37.0 Å². The van der Waals surface area contributed by atoms with Crippen molar-refractivity contribution in [2.45, 2.75) is 57.2 Å². The molecule has 0 radical (unpaired) electrons. The number of carbonyl (C=O) groups is 1. The van der Waals surface area contributed by atoms with E-state index in [0.717, 1.165) is 30.9 Å². The molecule has 2 aliphatic heterocycles. The van der Waals surface area contributed by atoms with Gasteiger partial charge in [-0.3, -0.25) is 4.90 Å². The van der Waals surface area contributed by atoms with E-state index < -0.39 is 47.3 Å². The van der Waals surface area contributed by atoms with Crippen LogP contribution in [-0.2, 0) is 36.5 Å². The lowest BCUT2D eigenvalue weighted by Gasteiger charge is -2.33. The van der Waals surface area contributed by atoms with Crippen LogP contribution in [0.25, 0.3) is 11.1 Å². The Labute approximate surface area is 266 Å². The molecule has 4 heterocycles. The highest BCUT2D eigenvalue weighted by Crippen LogP contribution is 2.42. The molecular weight excluding hydrogens is 628 g/mol. The van der Waals surface area contributed by atoms with Crippen molar-refractivity contribution >= 4 is 11.9 Å². The smallest absolute Gasteiger partial charge is 0.416 e. The van der Waals surface area contributed by atoms with E-state index in [9.17, 15) is 31.1 Å². The number of carbonyl (C=O) groups excluding carboxylic acids is 1. The average molecular weight is 660 g/mol. The van der Waals surface area contributed by atoms with Crippen molar-refractivity contribution in [3.63, 3.8) is 0 Å². The van der Waals surface area contributed by atoms with Crippen molar-refractivity contribution in [1.82, 2.24) is 19.9 Å². The largest absolute Gasteiger partial charge is 0.496 e. The summed E-state index contributed by atoms with van der Waals surface area (Å²) in [7, 11) is 1.54. The number of hydrogen-bond acceptors (Lipinski definition) is 6. The summed E-state index contributed by atoms with van der Waals surface area (Å²) in [5.74, 6) is 2.08. The lowest BCUT2D eigenvalue weighted by atomic mass is 9.96. The van der Waals surface area contributed by atoms with Gasteiger partial charge in [0.15, 0.2) is 0 Å². The number of rotatable bonds is 9. The second-order valence-corrected chi connectivity index (χ2v) is 11.6. The van der Waals surface area contributed by atoms with Crippen LogP contribution in [0.15, 0.2) is 60.9 Å². The highest BCUT2D eigenvalue weighted by molar-refractivity contribution is 5.76. The van der Waals surface area contributed by atoms with Crippen LogP contribution in [0.1, 0.15) is 53.2 Å². The minimum atomic E-state index is -5.04. The Hall–Kier alpha value is -4.75. The van der Waals surface area contributed by atoms with Crippen LogP contribution < -0.4 is 9.64 Å². The Morgan fingerprint density at radius 2 is 1.68 bits per heavy atom. The molecule has 1 N–H and O–H groups in total. The number of benzene rings is 2. The molecule has 14 heteroatoms. The molecule has 0 unspecified atom stereocenters. The highest BCUT2D eigenvalue weighted by Gasteiger charge is 2.43. The fourth-order valence-corrected chi connectivity index (χ4v) is 5.86. The minimum Gasteiger partial charge on any atom is -0.496 e. The van der Waals surface area contributed by atoms with Gasteiger partial charge in [-0.25, -0.2) is 14.8 Å². The molecule has 2 fully saturated rings. The first-order valence-corrected chi connectivity index (χ1v) is 15.0. The number of amides is 1. The number of anilines is 1. The van der Waals surface area contributed by atoms with Gasteiger partial charge in [-0.15, -0.1) is 0 Å². The number of nitrogens with one attached hydrogen (secondary N) is 1. The molecule has 0 saturated carbocycles. The molecule has 2 aliphatic rings. The van der Waals surface area contributed by atoms with E-state index in [1.165, 1.54) is 18.9 Å². The standard InChI is InChI=1S/C33H31F6N5O3/c1-19-30(21-15-22(32(34,35)36)17-23(16-21)33(37,38)39)47-31(45)44(19)18-26-24(6-9-29(42-26)43-12-3-13-43)25-14-20(4-7-27(25)46-2)5-8-28-40-10-11-41-28/h4,6-7,9-11,14-17,19,30H,3,5,8,12-13,18H2,1-2H3,(H,40,41)/t19-,30-/m0/s1. The number of imidazole rings is 1. The fraction of sp³-hybridized carbons (Fsp3) is 0.364. The zero-order chi connectivity index (χ0) is 33.5. The minimum absolute atomic E-state index is 0.0519. The van der Waals surface area contributed by atoms with E-state index in [4.69, 9.17) is 14.5 Å². The van der Waals surface area contributed by atoms with Gasteiger partial charge >= 0.3 is 18.4 Å². The van der Waals surface area contributed by atoms with Crippen LogP contribution in [-0.4, -0.2) is 52.2 Å². The lowest BCUT2D eigenvalue weighted by molar-refractivity contribution is -0.143. The molecule has 47 heavy (non-hydrogen) atoms. The number of pyridine rings is 1. The summed E-state index contributed by atoms with van der Waals surface area (Å²) >= 11 is 0. The van der Waals surface area contributed by atoms with E-state index in [2.05, 4.69) is 14.9 Å². The van der Waals surface area contributed by atoms with Gasteiger partial charge in [0.05, 0.1) is 36.5 Å². The summed E-state index contributed by atoms with van der Waals surface area (Å²) < 4.78 is 92.7. The molecule has 0 bridgehead atoms. The summed E-state index contributed by atoms with van der Waals surface area (Å²) in [6.45, 7) is 3.02. The van der Waals surface area contributed by atoms with Crippen molar-refractivity contribution in [2.24, 2.45) is 0 Å². The molecule has 2 atom stereocenters. The number of cyclic esters (lactones) is 1. The Kier molecular flexibility index (Phi) is 8.53. The maximum Gasteiger partial charge on any atom is 0.416 e. The van der Waals surface area contributed by atoms with E-state index in [0.29, 0.717) is 53.4 Å². The molecule has 2 saturated heterocycles. The normalized spacial score (nSPS) is 18.3. The predicted octanol–water partition coefficient (Wildman–Crippen LogP) is 7.60. The van der Waals surface area contributed by atoms with Crippen LogP contribution in [0, 0.1) is 0 Å². The van der Waals surface area contributed by atoms with Crippen LogP contribution in [0.3, 0.4) is 0 Å². The first kappa shape index (κ1) is 32.2. The molecule has 0 spiro atoms. The van der Waals surface area contributed by atoms with Crippen LogP contribution in [0.5, 0.6) is 5.75 Å². The van der Waals surface area contributed by atoms with Crippen molar-refractivity contribution in [1.29, 1.82) is 0 Å². The van der Waals surface area contributed by atoms with Crippen molar-refractivity contribution in [2.75, 3.05) is 25.1 Å². The highest BCUT2D eigenvalue weighted by atomic mass is 19.4. The number of hydrogen-bond donors (Lipinski definition) is 1. The third kappa shape index (κ3) is 6.72.